The summed E-state index contributed by atoms with van der Waals surface area (Å²) in [4.78, 5) is 17.8. The maximum Gasteiger partial charge on any atom is 0.136 e. The zero-order valence-corrected chi connectivity index (χ0v) is 12.2. The molecular weight excluding hydrogens is 276 g/mol. The molecule has 1 aromatic carbocycles. The number of aromatic nitrogens is 1. The average molecular weight is 294 g/mol. The SMILES string of the molecule is N=C(c1ccnc(N2CCC(=O)CC2)c1)c1ccccc1N. The van der Waals surface area contributed by atoms with Crippen LogP contribution in [0.3, 0.4) is 0 Å². The van der Waals surface area contributed by atoms with E-state index in [2.05, 4.69) is 9.88 Å². The first-order chi connectivity index (χ1) is 10.6. The molecule has 0 amide bonds. The number of carbonyl (C=O) groups is 1. The summed E-state index contributed by atoms with van der Waals surface area (Å²) < 4.78 is 0. The van der Waals surface area contributed by atoms with Gasteiger partial charge in [0.2, 0.25) is 0 Å². The second-order valence-corrected chi connectivity index (χ2v) is 5.39. The van der Waals surface area contributed by atoms with Gasteiger partial charge in [-0.3, -0.25) is 10.2 Å². The van der Waals surface area contributed by atoms with Crippen LogP contribution in [-0.2, 0) is 4.79 Å². The summed E-state index contributed by atoms with van der Waals surface area (Å²) in [5, 5.41) is 8.37. The number of ketones is 1. The Morgan fingerprint density at radius 2 is 1.91 bits per heavy atom. The Bertz CT molecular complexity index is 716. The molecule has 2 heterocycles. The van der Waals surface area contributed by atoms with E-state index in [0.717, 1.165) is 11.4 Å². The molecule has 0 bridgehead atoms. The molecule has 22 heavy (non-hydrogen) atoms. The number of nitrogen functional groups attached to an aromatic ring is 1. The van der Waals surface area contributed by atoms with Gasteiger partial charge in [-0.05, 0) is 18.2 Å². The van der Waals surface area contributed by atoms with Crippen LogP contribution >= 0.6 is 0 Å². The molecule has 0 saturated carbocycles. The molecule has 112 valence electrons. The standard InChI is InChI=1S/C17H18N4O/c18-15-4-2-1-3-14(15)17(19)12-5-8-20-16(11-12)21-9-6-13(22)7-10-21/h1-5,8,11,19H,6-7,9-10,18H2. The second-order valence-electron chi connectivity index (χ2n) is 5.39. The van der Waals surface area contributed by atoms with E-state index >= 15 is 0 Å². The molecule has 1 saturated heterocycles. The molecule has 0 spiro atoms. The highest BCUT2D eigenvalue weighted by molar-refractivity contribution is 6.14. The van der Waals surface area contributed by atoms with Crippen molar-refractivity contribution in [2.45, 2.75) is 12.8 Å². The second kappa shape index (κ2) is 5.97. The van der Waals surface area contributed by atoms with Crippen LogP contribution in [0.4, 0.5) is 11.5 Å². The fraction of sp³-hybridized carbons (Fsp3) is 0.235. The van der Waals surface area contributed by atoms with Crippen LogP contribution in [0.1, 0.15) is 24.0 Å². The number of pyridine rings is 1. The Morgan fingerprint density at radius 3 is 2.64 bits per heavy atom. The highest BCUT2D eigenvalue weighted by atomic mass is 16.1. The van der Waals surface area contributed by atoms with Crippen molar-refractivity contribution < 1.29 is 4.79 Å². The third kappa shape index (κ3) is 2.83. The van der Waals surface area contributed by atoms with Crippen LogP contribution in [0, 0.1) is 5.41 Å². The van der Waals surface area contributed by atoms with Gasteiger partial charge in [-0.15, -0.1) is 0 Å². The van der Waals surface area contributed by atoms with E-state index in [1.165, 1.54) is 0 Å². The van der Waals surface area contributed by atoms with Gasteiger partial charge in [0.05, 0.1) is 5.71 Å². The minimum atomic E-state index is 0.303. The molecule has 0 unspecified atom stereocenters. The van der Waals surface area contributed by atoms with E-state index in [1.807, 2.05) is 30.3 Å². The molecule has 0 radical (unpaired) electrons. The van der Waals surface area contributed by atoms with Gasteiger partial charge in [0, 0.05) is 48.9 Å². The summed E-state index contributed by atoms with van der Waals surface area (Å²) in [5.74, 6) is 1.11. The zero-order chi connectivity index (χ0) is 15.5. The quantitative estimate of drug-likeness (QED) is 0.672. The van der Waals surface area contributed by atoms with E-state index < -0.39 is 0 Å². The number of anilines is 2. The molecule has 1 aliphatic rings. The molecule has 2 aromatic rings. The molecule has 3 rings (SSSR count). The lowest BCUT2D eigenvalue weighted by Gasteiger charge is -2.27. The van der Waals surface area contributed by atoms with Crippen LogP contribution in [0.15, 0.2) is 42.6 Å². The molecule has 0 aliphatic carbocycles. The zero-order valence-electron chi connectivity index (χ0n) is 12.2. The highest BCUT2D eigenvalue weighted by Crippen LogP contribution is 2.21. The third-order valence-corrected chi connectivity index (χ3v) is 3.91. The largest absolute Gasteiger partial charge is 0.398 e. The number of hydrogen-bond donors (Lipinski definition) is 2. The van der Waals surface area contributed by atoms with Crippen molar-refractivity contribution in [2.75, 3.05) is 23.7 Å². The summed E-state index contributed by atoms with van der Waals surface area (Å²) in [6.07, 6.45) is 2.83. The fourth-order valence-corrected chi connectivity index (χ4v) is 2.61. The van der Waals surface area contributed by atoms with Gasteiger partial charge in [-0.1, -0.05) is 18.2 Å². The maximum absolute atomic E-state index is 11.3. The van der Waals surface area contributed by atoms with Gasteiger partial charge in [0.25, 0.3) is 0 Å². The summed E-state index contributed by atoms with van der Waals surface area (Å²) in [6, 6.07) is 11.1. The Balaban J connectivity index is 1.86. The molecular formula is C17H18N4O. The lowest BCUT2D eigenvalue weighted by Crippen LogP contribution is -2.34. The van der Waals surface area contributed by atoms with Gasteiger partial charge >= 0.3 is 0 Å². The molecule has 1 fully saturated rings. The van der Waals surface area contributed by atoms with Gasteiger partial charge < -0.3 is 10.6 Å². The van der Waals surface area contributed by atoms with E-state index in [-0.39, 0.29) is 0 Å². The first-order valence-electron chi connectivity index (χ1n) is 7.31. The number of Topliss-reactive ketones (excluding diaryl/α,β-unsaturated/α-hetero) is 1. The van der Waals surface area contributed by atoms with Gasteiger partial charge in [-0.25, -0.2) is 4.98 Å². The average Bonchev–Trinajstić information content (AvgIpc) is 2.55. The lowest BCUT2D eigenvalue weighted by atomic mass is 10.0. The molecule has 1 aromatic heterocycles. The number of nitrogens with one attached hydrogen (secondary N) is 1. The van der Waals surface area contributed by atoms with Crippen molar-refractivity contribution in [3.05, 3.63) is 53.7 Å². The van der Waals surface area contributed by atoms with Crippen LogP contribution in [0.5, 0.6) is 0 Å². The third-order valence-electron chi connectivity index (χ3n) is 3.91. The number of hydrogen-bond acceptors (Lipinski definition) is 5. The summed E-state index contributed by atoms with van der Waals surface area (Å²) in [7, 11) is 0. The Hall–Kier alpha value is -2.69. The summed E-state index contributed by atoms with van der Waals surface area (Å²) >= 11 is 0. The monoisotopic (exact) mass is 294 g/mol. The van der Waals surface area contributed by atoms with E-state index in [4.69, 9.17) is 11.1 Å². The normalized spacial score (nSPS) is 14.9. The number of benzene rings is 1. The van der Waals surface area contributed by atoms with Crippen molar-refractivity contribution in [1.29, 1.82) is 5.41 Å². The molecule has 5 heteroatoms. The van der Waals surface area contributed by atoms with Crippen LogP contribution in [0.25, 0.3) is 0 Å². The smallest absolute Gasteiger partial charge is 0.136 e. The molecule has 3 N–H and O–H groups in total. The fourth-order valence-electron chi connectivity index (χ4n) is 2.61. The van der Waals surface area contributed by atoms with E-state index in [9.17, 15) is 4.79 Å². The minimum Gasteiger partial charge on any atom is -0.398 e. The first-order valence-corrected chi connectivity index (χ1v) is 7.31. The van der Waals surface area contributed by atoms with Gasteiger partial charge in [0.15, 0.2) is 0 Å². The Morgan fingerprint density at radius 1 is 1.18 bits per heavy atom. The van der Waals surface area contributed by atoms with Gasteiger partial charge in [0.1, 0.15) is 11.6 Å². The Kier molecular flexibility index (Phi) is 3.87. The van der Waals surface area contributed by atoms with E-state index in [0.29, 0.717) is 48.7 Å². The first kappa shape index (κ1) is 14.3. The molecule has 5 nitrogen and oxygen atoms in total. The highest BCUT2D eigenvalue weighted by Gasteiger charge is 2.18. The number of carbonyl (C=O) groups excluding carboxylic acids is 1. The number of rotatable bonds is 3. The predicted octanol–water partition coefficient (Wildman–Crippen LogP) is 2.25. The van der Waals surface area contributed by atoms with Crippen molar-refractivity contribution in [3.63, 3.8) is 0 Å². The van der Waals surface area contributed by atoms with Crippen molar-refractivity contribution >= 4 is 23.0 Å². The summed E-state index contributed by atoms with van der Waals surface area (Å²) in [5.41, 5.74) is 8.42. The van der Waals surface area contributed by atoms with Gasteiger partial charge in [-0.2, -0.15) is 0 Å². The number of piperidine rings is 1. The molecule has 0 atom stereocenters. The topological polar surface area (TPSA) is 83.1 Å². The summed E-state index contributed by atoms with van der Waals surface area (Å²) in [6.45, 7) is 1.38. The number of para-hydroxylation sites is 1. The molecule has 1 aliphatic heterocycles. The lowest BCUT2D eigenvalue weighted by molar-refractivity contribution is -0.119. The van der Waals surface area contributed by atoms with Crippen LogP contribution in [-0.4, -0.2) is 29.6 Å². The van der Waals surface area contributed by atoms with Crippen molar-refractivity contribution in [2.24, 2.45) is 0 Å². The van der Waals surface area contributed by atoms with E-state index in [1.54, 1.807) is 12.3 Å². The Labute approximate surface area is 129 Å². The van der Waals surface area contributed by atoms with Crippen molar-refractivity contribution in [1.82, 2.24) is 4.98 Å². The maximum atomic E-state index is 11.3. The van der Waals surface area contributed by atoms with Crippen molar-refractivity contribution in [3.8, 4) is 0 Å². The minimum absolute atomic E-state index is 0.303. The van der Waals surface area contributed by atoms with Crippen LogP contribution < -0.4 is 10.6 Å². The van der Waals surface area contributed by atoms with Crippen LogP contribution in [0.2, 0.25) is 0 Å². The number of nitrogens with two attached hydrogens (primary N) is 1. The predicted molar refractivity (Wildman–Crippen MR) is 87.5 cm³/mol. The number of nitrogens with zero attached hydrogens (tertiary/aromatic N) is 2.